The highest BCUT2D eigenvalue weighted by Gasteiger charge is 1.98. The second-order valence-electron chi connectivity index (χ2n) is 2.25. The number of nitrogens with one attached hydrogen (secondary N) is 1. The van der Waals surface area contributed by atoms with Crippen LogP contribution in [0.2, 0.25) is 0 Å². The molecule has 1 aromatic rings. The molecule has 11 heavy (non-hydrogen) atoms. The normalized spacial score (nSPS) is 9.27. The van der Waals surface area contributed by atoms with Gasteiger partial charge in [-0.1, -0.05) is 12.1 Å². The molecule has 0 saturated heterocycles. The van der Waals surface area contributed by atoms with E-state index in [9.17, 15) is 4.79 Å². The van der Waals surface area contributed by atoms with Crippen LogP contribution < -0.4 is 5.48 Å². The SMILES string of the molecule is CC(=O)c1cccc(NO)c1. The van der Waals surface area contributed by atoms with E-state index in [1.54, 1.807) is 24.3 Å². The van der Waals surface area contributed by atoms with Gasteiger partial charge in [-0.15, -0.1) is 0 Å². The van der Waals surface area contributed by atoms with Gasteiger partial charge in [0.1, 0.15) is 0 Å². The largest absolute Gasteiger partial charge is 0.295 e. The molecular weight excluding hydrogens is 142 g/mol. The van der Waals surface area contributed by atoms with Crippen LogP contribution in [0.3, 0.4) is 0 Å². The van der Waals surface area contributed by atoms with Crippen molar-refractivity contribution in [3.05, 3.63) is 29.8 Å². The first-order valence-electron chi connectivity index (χ1n) is 3.25. The van der Waals surface area contributed by atoms with E-state index >= 15 is 0 Å². The monoisotopic (exact) mass is 151 g/mol. The third kappa shape index (κ3) is 1.78. The third-order valence-electron chi connectivity index (χ3n) is 1.40. The summed E-state index contributed by atoms with van der Waals surface area (Å²) in [5.74, 6) is -0.0119. The van der Waals surface area contributed by atoms with Gasteiger partial charge in [0.2, 0.25) is 0 Å². The van der Waals surface area contributed by atoms with Crippen LogP contribution in [0.5, 0.6) is 0 Å². The zero-order chi connectivity index (χ0) is 8.27. The van der Waals surface area contributed by atoms with E-state index in [1.807, 2.05) is 5.48 Å². The van der Waals surface area contributed by atoms with Crippen LogP contribution in [0.25, 0.3) is 0 Å². The molecule has 3 nitrogen and oxygen atoms in total. The number of carbonyl (C=O) groups excluding carboxylic acids is 1. The molecule has 0 spiro atoms. The molecule has 0 atom stereocenters. The van der Waals surface area contributed by atoms with Crippen LogP contribution in [-0.2, 0) is 0 Å². The fourth-order valence-electron chi connectivity index (χ4n) is 0.808. The highest BCUT2D eigenvalue weighted by Crippen LogP contribution is 2.09. The number of anilines is 1. The van der Waals surface area contributed by atoms with Gasteiger partial charge in [-0.3, -0.25) is 15.5 Å². The molecule has 0 aliphatic rings. The molecule has 0 aliphatic heterocycles. The van der Waals surface area contributed by atoms with Gasteiger partial charge in [0.25, 0.3) is 0 Å². The smallest absolute Gasteiger partial charge is 0.159 e. The lowest BCUT2D eigenvalue weighted by molar-refractivity contribution is 0.101. The minimum absolute atomic E-state index is 0.0119. The van der Waals surface area contributed by atoms with Gasteiger partial charge in [0.05, 0.1) is 5.69 Å². The molecule has 0 heterocycles. The standard InChI is InChI=1S/C8H9NO2/c1-6(10)7-3-2-4-8(5-7)9-11/h2-5,9,11H,1H3. The second kappa shape index (κ2) is 3.16. The van der Waals surface area contributed by atoms with E-state index in [1.165, 1.54) is 6.92 Å². The summed E-state index contributed by atoms with van der Waals surface area (Å²) in [6.45, 7) is 1.48. The molecule has 0 unspecified atom stereocenters. The number of benzene rings is 1. The van der Waals surface area contributed by atoms with Crippen molar-refractivity contribution in [3.63, 3.8) is 0 Å². The molecule has 0 aliphatic carbocycles. The van der Waals surface area contributed by atoms with Gasteiger partial charge in [0, 0.05) is 5.56 Å². The van der Waals surface area contributed by atoms with Crippen molar-refractivity contribution in [2.24, 2.45) is 0 Å². The Morgan fingerprint density at radius 3 is 2.82 bits per heavy atom. The van der Waals surface area contributed by atoms with E-state index in [0.29, 0.717) is 11.3 Å². The second-order valence-corrected chi connectivity index (χ2v) is 2.25. The molecule has 0 radical (unpaired) electrons. The van der Waals surface area contributed by atoms with Crippen molar-refractivity contribution in [2.45, 2.75) is 6.92 Å². The Kier molecular flexibility index (Phi) is 2.23. The molecule has 3 heteroatoms. The number of hydrogen-bond acceptors (Lipinski definition) is 3. The van der Waals surface area contributed by atoms with Crippen LogP contribution in [-0.4, -0.2) is 11.0 Å². The Morgan fingerprint density at radius 1 is 1.55 bits per heavy atom. The lowest BCUT2D eigenvalue weighted by Gasteiger charge is -1.99. The highest BCUT2D eigenvalue weighted by atomic mass is 16.5. The minimum atomic E-state index is -0.0119. The number of rotatable bonds is 2. The maximum Gasteiger partial charge on any atom is 0.159 e. The zero-order valence-corrected chi connectivity index (χ0v) is 6.16. The molecule has 0 fully saturated rings. The highest BCUT2D eigenvalue weighted by molar-refractivity contribution is 5.94. The topological polar surface area (TPSA) is 49.3 Å². The van der Waals surface area contributed by atoms with Crippen LogP contribution in [0.15, 0.2) is 24.3 Å². The Labute approximate surface area is 64.6 Å². The third-order valence-corrected chi connectivity index (χ3v) is 1.40. The van der Waals surface area contributed by atoms with Gasteiger partial charge >= 0.3 is 0 Å². The summed E-state index contributed by atoms with van der Waals surface area (Å²) in [4.78, 5) is 10.8. The summed E-state index contributed by atoms with van der Waals surface area (Å²) in [7, 11) is 0. The molecule has 0 aromatic heterocycles. The van der Waals surface area contributed by atoms with Crippen molar-refractivity contribution in [1.29, 1.82) is 0 Å². The molecule has 58 valence electrons. The van der Waals surface area contributed by atoms with Crippen LogP contribution in [0.4, 0.5) is 5.69 Å². The number of Topliss-reactive ketones (excluding diaryl/α,β-unsaturated/α-hetero) is 1. The van der Waals surface area contributed by atoms with Crippen molar-refractivity contribution >= 4 is 11.5 Å². The molecular formula is C8H9NO2. The van der Waals surface area contributed by atoms with Crippen LogP contribution >= 0.6 is 0 Å². The van der Waals surface area contributed by atoms with Crippen molar-refractivity contribution in [3.8, 4) is 0 Å². The van der Waals surface area contributed by atoms with Gasteiger partial charge in [0.15, 0.2) is 5.78 Å². The number of carbonyl (C=O) groups is 1. The van der Waals surface area contributed by atoms with Gasteiger partial charge in [-0.2, -0.15) is 0 Å². The zero-order valence-electron chi connectivity index (χ0n) is 6.16. The molecule has 2 N–H and O–H groups in total. The van der Waals surface area contributed by atoms with Crippen LogP contribution in [0, 0.1) is 0 Å². The molecule has 1 aromatic carbocycles. The molecule has 0 saturated carbocycles. The molecule has 0 bridgehead atoms. The predicted octanol–water partition coefficient (Wildman–Crippen LogP) is 1.69. The lowest BCUT2D eigenvalue weighted by Crippen LogP contribution is -1.94. The molecule has 1 rings (SSSR count). The first kappa shape index (κ1) is 7.75. The van der Waals surface area contributed by atoms with Gasteiger partial charge < -0.3 is 0 Å². The van der Waals surface area contributed by atoms with E-state index in [-0.39, 0.29) is 5.78 Å². The lowest BCUT2D eigenvalue weighted by atomic mass is 10.1. The van der Waals surface area contributed by atoms with E-state index in [4.69, 9.17) is 5.21 Å². The molecule has 0 amide bonds. The summed E-state index contributed by atoms with van der Waals surface area (Å²) in [6.07, 6.45) is 0. The number of ketones is 1. The predicted molar refractivity (Wildman–Crippen MR) is 41.9 cm³/mol. The Balaban J connectivity index is 3.01. The Morgan fingerprint density at radius 2 is 2.27 bits per heavy atom. The van der Waals surface area contributed by atoms with Crippen molar-refractivity contribution in [1.82, 2.24) is 0 Å². The maximum atomic E-state index is 10.8. The Hall–Kier alpha value is -1.35. The quantitative estimate of drug-likeness (QED) is 0.499. The first-order valence-corrected chi connectivity index (χ1v) is 3.25. The average molecular weight is 151 g/mol. The fraction of sp³-hybridized carbons (Fsp3) is 0.125. The average Bonchev–Trinajstić information content (AvgIpc) is 2.05. The van der Waals surface area contributed by atoms with Crippen molar-refractivity contribution in [2.75, 3.05) is 5.48 Å². The maximum absolute atomic E-state index is 10.8. The minimum Gasteiger partial charge on any atom is -0.295 e. The van der Waals surface area contributed by atoms with E-state index < -0.39 is 0 Å². The first-order chi connectivity index (χ1) is 5.24. The van der Waals surface area contributed by atoms with Gasteiger partial charge in [-0.05, 0) is 19.1 Å². The summed E-state index contributed by atoms with van der Waals surface area (Å²) in [5, 5.41) is 8.48. The van der Waals surface area contributed by atoms with Gasteiger partial charge in [-0.25, -0.2) is 0 Å². The van der Waals surface area contributed by atoms with Crippen molar-refractivity contribution < 1.29 is 10.0 Å². The number of hydrogen-bond donors (Lipinski definition) is 2. The van der Waals surface area contributed by atoms with E-state index in [0.717, 1.165) is 0 Å². The fourth-order valence-corrected chi connectivity index (χ4v) is 0.808. The van der Waals surface area contributed by atoms with E-state index in [2.05, 4.69) is 0 Å². The summed E-state index contributed by atoms with van der Waals surface area (Å²) >= 11 is 0. The summed E-state index contributed by atoms with van der Waals surface area (Å²) in [5.41, 5.74) is 3.08. The summed E-state index contributed by atoms with van der Waals surface area (Å²) in [6, 6.07) is 6.66. The van der Waals surface area contributed by atoms with Crippen LogP contribution in [0.1, 0.15) is 17.3 Å². The summed E-state index contributed by atoms with van der Waals surface area (Å²) < 4.78 is 0. The Bertz CT molecular complexity index is 271.